The molecule has 0 fully saturated rings. The summed E-state index contributed by atoms with van der Waals surface area (Å²) >= 11 is 0. The van der Waals surface area contributed by atoms with Crippen LogP contribution in [0.15, 0.2) is 42.5 Å². The number of aryl methyl sites for hydroxylation is 1. The third-order valence-corrected chi connectivity index (χ3v) is 3.04. The minimum absolute atomic E-state index is 0.102. The van der Waals surface area contributed by atoms with Crippen molar-refractivity contribution in [2.24, 2.45) is 0 Å². The number of hydrogen-bond acceptors (Lipinski definition) is 0. The highest BCUT2D eigenvalue weighted by molar-refractivity contribution is 5.27. The molecule has 0 aromatic heterocycles. The van der Waals surface area contributed by atoms with Gasteiger partial charge in [-0.25, -0.2) is 4.39 Å². The van der Waals surface area contributed by atoms with Gasteiger partial charge in [0.2, 0.25) is 0 Å². The zero-order valence-corrected chi connectivity index (χ0v) is 11.5. The lowest BCUT2D eigenvalue weighted by molar-refractivity contribution is 0.616. The van der Waals surface area contributed by atoms with Gasteiger partial charge in [0.15, 0.2) is 0 Å². The predicted octanol–water partition coefficient (Wildman–Crippen LogP) is 5.37. The average molecular weight is 246 g/mol. The van der Waals surface area contributed by atoms with Gasteiger partial charge in [-0.1, -0.05) is 43.2 Å². The molecule has 1 aromatic rings. The molecule has 1 aromatic carbocycles. The summed E-state index contributed by atoms with van der Waals surface area (Å²) in [6, 6.07) is 5.54. The lowest BCUT2D eigenvalue weighted by Gasteiger charge is -2.08. The molecule has 0 radical (unpaired) electrons. The maximum absolute atomic E-state index is 13.5. The van der Waals surface area contributed by atoms with Crippen LogP contribution in [0.3, 0.4) is 0 Å². The Balaban J connectivity index is 2.72. The van der Waals surface area contributed by atoms with Crippen molar-refractivity contribution < 1.29 is 4.39 Å². The van der Waals surface area contributed by atoms with Crippen LogP contribution in [0.5, 0.6) is 0 Å². The predicted molar refractivity (Wildman–Crippen MR) is 77.3 cm³/mol. The van der Waals surface area contributed by atoms with Crippen LogP contribution in [-0.2, 0) is 6.42 Å². The Labute approximate surface area is 110 Å². The molecule has 0 aliphatic heterocycles. The van der Waals surface area contributed by atoms with Crippen molar-refractivity contribution in [3.8, 4) is 0 Å². The molecule has 0 N–H and O–H groups in total. The summed E-state index contributed by atoms with van der Waals surface area (Å²) in [6.45, 7) is 7.71. The Kier molecular flexibility index (Phi) is 6.42. The van der Waals surface area contributed by atoms with Gasteiger partial charge in [-0.2, -0.15) is 0 Å². The van der Waals surface area contributed by atoms with Gasteiger partial charge in [0.05, 0.1) is 0 Å². The smallest absolute Gasteiger partial charge is 0.126 e. The van der Waals surface area contributed by atoms with Crippen LogP contribution in [0.1, 0.15) is 43.7 Å². The molecule has 1 heteroatoms. The molecule has 98 valence electrons. The molecule has 0 bridgehead atoms. The van der Waals surface area contributed by atoms with Crippen LogP contribution in [0, 0.1) is 12.7 Å². The van der Waals surface area contributed by atoms with E-state index in [1.165, 1.54) is 5.57 Å². The molecule has 0 nitrogen and oxygen atoms in total. The number of unbranched alkanes of at least 4 members (excludes halogenated alkanes) is 1. The van der Waals surface area contributed by atoms with E-state index in [2.05, 4.69) is 19.6 Å². The first-order valence-corrected chi connectivity index (χ1v) is 6.71. The van der Waals surface area contributed by atoms with Gasteiger partial charge in [-0.15, -0.1) is 6.58 Å². The molecule has 18 heavy (non-hydrogen) atoms. The van der Waals surface area contributed by atoms with E-state index < -0.39 is 0 Å². The van der Waals surface area contributed by atoms with E-state index in [0.29, 0.717) is 5.56 Å². The largest absolute Gasteiger partial charge is 0.207 e. The number of rotatable bonds is 7. The minimum Gasteiger partial charge on any atom is -0.207 e. The first kappa shape index (κ1) is 14.7. The van der Waals surface area contributed by atoms with E-state index in [-0.39, 0.29) is 5.82 Å². The van der Waals surface area contributed by atoms with Gasteiger partial charge in [0.25, 0.3) is 0 Å². The Hall–Kier alpha value is -1.37. The average Bonchev–Trinajstić information content (AvgIpc) is 2.34. The molecule has 0 saturated carbocycles. The van der Waals surface area contributed by atoms with Crippen LogP contribution in [0.25, 0.3) is 0 Å². The van der Waals surface area contributed by atoms with Crippen LogP contribution >= 0.6 is 0 Å². The highest BCUT2D eigenvalue weighted by atomic mass is 19.1. The number of hydrogen-bond donors (Lipinski definition) is 0. The van der Waals surface area contributed by atoms with E-state index in [4.69, 9.17) is 0 Å². The second-order valence-electron chi connectivity index (χ2n) is 4.74. The van der Waals surface area contributed by atoms with Gasteiger partial charge >= 0.3 is 0 Å². The van der Waals surface area contributed by atoms with Gasteiger partial charge < -0.3 is 0 Å². The highest BCUT2D eigenvalue weighted by Gasteiger charge is 2.02. The Morgan fingerprint density at radius 1 is 1.33 bits per heavy atom. The summed E-state index contributed by atoms with van der Waals surface area (Å²) in [6.07, 6.45) is 9.35. The maximum Gasteiger partial charge on any atom is 0.126 e. The van der Waals surface area contributed by atoms with Crippen molar-refractivity contribution in [2.45, 2.75) is 46.0 Å². The third-order valence-electron chi connectivity index (χ3n) is 3.04. The Morgan fingerprint density at radius 2 is 2.11 bits per heavy atom. The zero-order chi connectivity index (χ0) is 13.4. The lowest BCUT2D eigenvalue weighted by atomic mass is 9.99. The van der Waals surface area contributed by atoms with Crippen molar-refractivity contribution in [2.75, 3.05) is 0 Å². The van der Waals surface area contributed by atoms with Crippen LogP contribution in [-0.4, -0.2) is 0 Å². The minimum atomic E-state index is -0.102. The summed E-state index contributed by atoms with van der Waals surface area (Å²) in [7, 11) is 0. The molecule has 0 unspecified atom stereocenters. The Bertz CT molecular complexity index is 416. The van der Waals surface area contributed by atoms with Crippen molar-refractivity contribution in [3.05, 3.63) is 59.4 Å². The Morgan fingerprint density at radius 3 is 2.72 bits per heavy atom. The van der Waals surface area contributed by atoms with Gasteiger partial charge in [0.1, 0.15) is 5.82 Å². The fourth-order valence-corrected chi connectivity index (χ4v) is 2.00. The topological polar surface area (TPSA) is 0 Å². The van der Waals surface area contributed by atoms with Crippen molar-refractivity contribution in [1.29, 1.82) is 0 Å². The van der Waals surface area contributed by atoms with E-state index in [1.807, 2.05) is 18.2 Å². The lowest BCUT2D eigenvalue weighted by Crippen LogP contribution is -1.93. The summed E-state index contributed by atoms with van der Waals surface area (Å²) in [5.74, 6) is -0.102. The molecule has 0 heterocycles. The monoisotopic (exact) mass is 246 g/mol. The summed E-state index contributed by atoms with van der Waals surface area (Å²) in [5, 5.41) is 0. The standard InChI is InChI=1S/C17H23F/c1-4-6-7-9-15(8-5-2)12-16-11-10-14(3)17(18)13-16/h4,9-11,13H,1,5-8,12H2,2-3H3/b15-9+. The van der Waals surface area contributed by atoms with Crippen LogP contribution in [0.2, 0.25) is 0 Å². The maximum atomic E-state index is 13.5. The van der Waals surface area contributed by atoms with Crippen molar-refractivity contribution >= 4 is 0 Å². The third kappa shape index (κ3) is 4.87. The fourth-order valence-electron chi connectivity index (χ4n) is 2.00. The normalized spacial score (nSPS) is 11.6. The first-order valence-electron chi connectivity index (χ1n) is 6.71. The molecule has 0 spiro atoms. The molecular weight excluding hydrogens is 223 g/mol. The molecule has 0 amide bonds. The zero-order valence-electron chi connectivity index (χ0n) is 11.5. The SMILES string of the molecule is C=CCC/C=C(\CCC)Cc1ccc(C)c(F)c1. The quantitative estimate of drug-likeness (QED) is 0.448. The van der Waals surface area contributed by atoms with E-state index in [9.17, 15) is 4.39 Å². The summed E-state index contributed by atoms with van der Waals surface area (Å²) < 4.78 is 13.5. The molecular formula is C17H23F. The molecule has 0 saturated heterocycles. The van der Waals surface area contributed by atoms with E-state index >= 15 is 0 Å². The molecule has 0 atom stereocenters. The van der Waals surface area contributed by atoms with Gasteiger partial charge in [0, 0.05) is 0 Å². The van der Waals surface area contributed by atoms with Gasteiger partial charge in [-0.05, 0) is 49.8 Å². The highest BCUT2D eigenvalue weighted by Crippen LogP contribution is 2.17. The fraction of sp³-hybridized carbons (Fsp3) is 0.412. The van der Waals surface area contributed by atoms with Gasteiger partial charge in [-0.3, -0.25) is 0 Å². The summed E-state index contributed by atoms with van der Waals surface area (Å²) in [5.41, 5.74) is 3.19. The molecule has 0 aliphatic carbocycles. The number of allylic oxidation sites excluding steroid dienone is 3. The number of halogens is 1. The second-order valence-corrected chi connectivity index (χ2v) is 4.74. The van der Waals surface area contributed by atoms with Crippen LogP contribution < -0.4 is 0 Å². The van der Waals surface area contributed by atoms with Crippen LogP contribution in [0.4, 0.5) is 4.39 Å². The molecule has 0 aliphatic rings. The molecule has 1 rings (SSSR count). The van der Waals surface area contributed by atoms with Crippen molar-refractivity contribution in [1.82, 2.24) is 0 Å². The van der Waals surface area contributed by atoms with E-state index in [0.717, 1.165) is 37.7 Å². The summed E-state index contributed by atoms with van der Waals surface area (Å²) in [4.78, 5) is 0. The second kappa shape index (κ2) is 7.86. The van der Waals surface area contributed by atoms with Crippen molar-refractivity contribution in [3.63, 3.8) is 0 Å². The van der Waals surface area contributed by atoms with E-state index in [1.54, 1.807) is 13.0 Å². The first-order chi connectivity index (χ1) is 8.67. The number of benzene rings is 1.